The van der Waals surface area contributed by atoms with Crippen LogP contribution in [0.4, 0.5) is 31.8 Å². The number of piperidine rings is 3. The van der Waals surface area contributed by atoms with Gasteiger partial charge in [-0.15, -0.1) is 0 Å². The molecule has 8 heterocycles. The predicted molar refractivity (Wildman–Crippen MR) is 247 cm³/mol. The normalized spacial score (nSPS) is 25.5. The molecule has 6 saturated heterocycles. The molecule has 15 nitrogen and oxygen atoms in total. The number of halogens is 2. The van der Waals surface area contributed by atoms with Gasteiger partial charge in [0.1, 0.15) is 35.6 Å². The second-order valence-electron chi connectivity index (χ2n) is 20.9. The summed E-state index contributed by atoms with van der Waals surface area (Å²) >= 11 is 0. The van der Waals surface area contributed by atoms with E-state index in [1.165, 1.54) is 12.1 Å². The molecule has 17 heteroatoms. The van der Waals surface area contributed by atoms with Gasteiger partial charge in [-0.1, -0.05) is 19.9 Å². The first-order chi connectivity index (χ1) is 31.7. The fourth-order valence-corrected chi connectivity index (χ4v) is 11.8. The molecule has 66 heavy (non-hydrogen) atoms. The Kier molecular flexibility index (Phi) is 11.9. The van der Waals surface area contributed by atoms with Gasteiger partial charge in [0.05, 0.1) is 17.8 Å². The molecule has 1 aromatic heterocycles. The lowest BCUT2D eigenvalue weighted by Crippen LogP contribution is -2.66. The summed E-state index contributed by atoms with van der Waals surface area (Å²) in [6, 6.07) is 9.86. The van der Waals surface area contributed by atoms with Gasteiger partial charge in [0.25, 0.3) is 5.91 Å². The number of carbonyl (C=O) groups is 4. The number of nitrogens with one attached hydrogen (secondary N) is 3. The van der Waals surface area contributed by atoms with Gasteiger partial charge in [0, 0.05) is 105 Å². The third-order valence-electron chi connectivity index (χ3n) is 15.8. The molecule has 10 rings (SSSR count). The van der Waals surface area contributed by atoms with Crippen LogP contribution in [-0.2, 0) is 27.5 Å². The van der Waals surface area contributed by atoms with Crippen LogP contribution in [0.25, 0.3) is 0 Å². The Bertz CT molecular complexity index is 2380. The number of aromatic nitrogens is 2. The van der Waals surface area contributed by atoms with Gasteiger partial charge >= 0.3 is 0 Å². The van der Waals surface area contributed by atoms with E-state index in [0.717, 1.165) is 107 Å². The van der Waals surface area contributed by atoms with E-state index < -0.39 is 23.2 Å². The van der Waals surface area contributed by atoms with E-state index in [1.807, 2.05) is 18.2 Å². The topological polar surface area (TPSA) is 150 Å². The van der Waals surface area contributed by atoms with Crippen molar-refractivity contribution in [1.82, 2.24) is 35.3 Å². The molecule has 6 fully saturated rings. The van der Waals surface area contributed by atoms with Crippen molar-refractivity contribution >= 4 is 46.6 Å². The highest BCUT2D eigenvalue weighted by molar-refractivity contribution is 6.06. The number of nitrogens with zero attached hydrogens (tertiary/aromatic N) is 8. The number of likely N-dealkylation sites (tertiary alicyclic amines) is 2. The van der Waals surface area contributed by atoms with Crippen LogP contribution in [0.1, 0.15) is 93.1 Å². The Hall–Kier alpha value is -5.42. The molecule has 7 aliphatic heterocycles. The monoisotopic (exact) mass is 908 g/mol. The summed E-state index contributed by atoms with van der Waals surface area (Å²) in [7, 11) is 0. The smallest absolute Gasteiger partial charge is 0.255 e. The van der Waals surface area contributed by atoms with Gasteiger partial charge in [0.15, 0.2) is 0 Å². The zero-order chi connectivity index (χ0) is 45.8. The van der Waals surface area contributed by atoms with Crippen LogP contribution in [0.15, 0.2) is 42.7 Å². The minimum atomic E-state index is -0.624. The number of anilines is 4. The maximum atomic E-state index is 15.7. The molecule has 0 bridgehead atoms. The highest BCUT2D eigenvalue weighted by Crippen LogP contribution is 2.44. The molecule has 0 aliphatic carbocycles. The number of rotatable bonds is 11. The molecule has 2 spiro atoms. The summed E-state index contributed by atoms with van der Waals surface area (Å²) in [4.78, 5) is 72.8. The second-order valence-corrected chi connectivity index (χ2v) is 20.9. The van der Waals surface area contributed by atoms with Gasteiger partial charge < -0.3 is 35.1 Å². The van der Waals surface area contributed by atoms with Gasteiger partial charge in [-0.25, -0.2) is 18.7 Å². The molecule has 2 atom stereocenters. The minimum Gasteiger partial charge on any atom is -0.371 e. The molecule has 1 unspecified atom stereocenters. The molecular formula is C49H63F2N11O4. The summed E-state index contributed by atoms with van der Waals surface area (Å²) in [6.45, 7) is 14.3. The highest BCUT2D eigenvalue weighted by Gasteiger charge is 2.46. The molecule has 0 saturated carbocycles. The number of piperazine rings is 1. The number of amides is 4. The van der Waals surface area contributed by atoms with E-state index in [0.29, 0.717) is 63.1 Å². The van der Waals surface area contributed by atoms with E-state index in [2.05, 4.69) is 65.4 Å². The number of imide groups is 1. The van der Waals surface area contributed by atoms with Crippen molar-refractivity contribution in [2.45, 2.75) is 96.3 Å². The fourth-order valence-electron chi connectivity index (χ4n) is 11.8. The van der Waals surface area contributed by atoms with Crippen molar-refractivity contribution in [2.24, 2.45) is 10.8 Å². The summed E-state index contributed by atoms with van der Waals surface area (Å²) in [6.07, 6.45) is 8.68. The van der Waals surface area contributed by atoms with Crippen LogP contribution in [-0.4, -0.2) is 138 Å². The van der Waals surface area contributed by atoms with Crippen molar-refractivity contribution in [3.8, 4) is 0 Å². The van der Waals surface area contributed by atoms with Crippen molar-refractivity contribution < 1.29 is 28.0 Å². The van der Waals surface area contributed by atoms with Crippen LogP contribution in [0.2, 0.25) is 0 Å². The molecule has 352 valence electrons. The largest absolute Gasteiger partial charge is 0.371 e. The third kappa shape index (κ3) is 9.04. The van der Waals surface area contributed by atoms with E-state index in [1.54, 1.807) is 16.1 Å². The fraction of sp³-hybridized carbons (Fsp3) is 0.592. The minimum absolute atomic E-state index is 0.0175. The molecular weight excluding hydrogens is 845 g/mol. The summed E-state index contributed by atoms with van der Waals surface area (Å²) in [5.41, 5.74) is 3.12. The van der Waals surface area contributed by atoms with Crippen LogP contribution in [0, 0.1) is 22.5 Å². The number of fused-ring (bicyclic) bond motifs is 1. The Morgan fingerprint density at radius 1 is 0.773 bits per heavy atom. The molecule has 3 aromatic rings. The van der Waals surface area contributed by atoms with Crippen molar-refractivity contribution in [2.75, 3.05) is 98.6 Å². The van der Waals surface area contributed by atoms with Crippen molar-refractivity contribution in [3.05, 3.63) is 71.1 Å². The van der Waals surface area contributed by atoms with Crippen LogP contribution < -0.4 is 30.7 Å². The molecule has 4 amide bonds. The highest BCUT2D eigenvalue weighted by atomic mass is 19.1. The van der Waals surface area contributed by atoms with Gasteiger partial charge in [-0.05, 0) is 101 Å². The lowest BCUT2D eigenvalue weighted by Gasteiger charge is -2.48. The molecule has 2 aromatic carbocycles. The van der Waals surface area contributed by atoms with E-state index in [9.17, 15) is 19.2 Å². The van der Waals surface area contributed by atoms with E-state index in [4.69, 9.17) is 0 Å². The quantitative estimate of drug-likeness (QED) is 0.184. The SMILES string of the molecule is CC1(C)CCN(Cc2cc(F)c(N3CC(=O)NC4(CCN(c5cc(NCCCN6CC[C@]7(CCN(c8cccc9c8CN(C8CCC(=O)NC8=O)C9=O)C7)C6)ncn5)CC4)C3)cc2F)CC1. The first-order valence-corrected chi connectivity index (χ1v) is 24.0. The number of hydrogen-bond donors (Lipinski definition) is 3. The van der Waals surface area contributed by atoms with Crippen molar-refractivity contribution in [1.29, 1.82) is 0 Å². The van der Waals surface area contributed by atoms with Crippen molar-refractivity contribution in [3.63, 3.8) is 0 Å². The number of carbonyl (C=O) groups excluding carboxylic acids is 4. The van der Waals surface area contributed by atoms with Gasteiger partial charge in [-0.2, -0.15) is 0 Å². The Morgan fingerprint density at radius 3 is 2.35 bits per heavy atom. The Morgan fingerprint density at radius 2 is 1.55 bits per heavy atom. The van der Waals surface area contributed by atoms with Crippen LogP contribution in [0.5, 0.6) is 0 Å². The molecule has 7 aliphatic rings. The molecule has 0 radical (unpaired) electrons. The standard InChI is InChI=1S/C49H63F2N11O4/c1-47(2)9-17-57(18-10-47)26-33-23-37(51)40(24-36(33)50)61-28-44(64)56-49(31-61)13-21-59(22-14-49)42-25-41(53-32-54-42)52-15-4-16-58-19-11-48(29-58)12-20-60(30-48)38-6-3-5-34-35(38)27-62(46(34)66)39-7-8-43(63)55-45(39)65/h3,5-6,23-25,32,39H,4,7-22,26-31H2,1-2H3,(H,56,64)(H,52,53,54)(H,55,63,65)/t39?,48-/m0/s1. The van der Waals surface area contributed by atoms with Gasteiger partial charge in [-0.3, -0.25) is 29.4 Å². The van der Waals surface area contributed by atoms with Crippen LogP contribution >= 0.6 is 0 Å². The Balaban J connectivity index is 0.684. The number of benzene rings is 2. The third-order valence-corrected chi connectivity index (χ3v) is 15.8. The maximum absolute atomic E-state index is 15.7. The zero-order valence-electron chi connectivity index (χ0n) is 38.3. The zero-order valence-corrected chi connectivity index (χ0v) is 38.3. The maximum Gasteiger partial charge on any atom is 0.255 e. The summed E-state index contributed by atoms with van der Waals surface area (Å²) in [5, 5.41) is 9.12. The average Bonchev–Trinajstić information content (AvgIpc) is 4.00. The first-order valence-electron chi connectivity index (χ1n) is 24.0. The summed E-state index contributed by atoms with van der Waals surface area (Å²) < 4.78 is 31.2. The van der Waals surface area contributed by atoms with Gasteiger partial charge in [0.2, 0.25) is 17.7 Å². The lowest BCUT2D eigenvalue weighted by molar-refractivity contribution is -0.137. The summed E-state index contributed by atoms with van der Waals surface area (Å²) in [5.74, 6) is -0.352. The predicted octanol–water partition coefficient (Wildman–Crippen LogP) is 4.52. The second kappa shape index (κ2) is 17.7. The van der Waals surface area contributed by atoms with E-state index in [-0.39, 0.29) is 53.1 Å². The van der Waals surface area contributed by atoms with Crippen LogP contribution in [0.3, 0.4) is 0 Å². The van der Waals surface area contributed by atoms with E-state index >= 15 is 8.78 Å². The number of hydrogen-bond acceptors (Lipinski definition) is 12. The average molecular weight is 908 g/mol. The Labute approximate surface area is 385 Å². The first kappa shape index (κ1) is 44.4. The lowest BCUT2D eigenvalue weighted by atomic mass is 9.82. The molecule has 3 N–H and O–H groups in total.